The second-order valence-electron chi connectivity index (χ2n) is 3.35. The van der Waals surface area contributed by atoms with E-state index in [-0.39, 0.29) is 5.97 Å². The summed E-state index contributed by atoms with van der Waals surface area (Å²) in [4.78, 5) is 21.4. The molecule has 0 aliphatic heterocycles. The lowest BCUT2D eigenvalue weighted by Crippen LogP contribution is -2.06. The Bertz CT molecular complexity index is 158. The molecule has 0 saturated heterocycles. The van der Waals surface area contributed by atoms with Crippen molar-refractivity contribution in [2.24, 2.45) is 0 Å². The predicted molar refractivity (Wildman–Crippen MR) is 60.5 cm³/mol. The Morgan fingerprint density at radius 3 is 2.13 bits per heavy atom. The molecule has 0 spiro atoms. The Balaban J connectivity index is 0. The van der Waals surface area contributed by atoms with Crippen molar-refractivity contribution in [3.05, 3.63) is 0 Å². The highest BCUT2D eigenvalue weighted by molar-refractivity contribution is 5.68. The first-order valence-corrected chi connectivity index (χ1v) is 5.35. The summed E-state index contributed by atoms with van der Waals surface area (Å²) in [7, 11) is 3.38. The second-order valence-corrected chi connectivity index (χ2v) is 3.35. The molecule has 0 radical (unpaired) electrons. The zero-order valence-corrected chi connectivity index (χ0v) is 10.3. The number of carbonyl (C=O) groups is 2. The van der Waals surface area contributed by atoms with E-state index in [1.54, 1.807) is 14.1 Å². The fourth-order valence-corrected chi connectivity index (χ4v) is 0.640. The van der Waals surface area contributed by atoms with Gasteiger partial charge in [0.1, 0.15) is 0 Å². The number of rotatable bonds is 6. The van der Waals surface area contributed by atoms with Gasteiger partial charge in [-0.25, -0.2) is 0 Å². The summed E-state index contributed by atoms with van der Waals surface area (Å²) in [6.07, 6.45) is 4.56. The third-order valence-corrected chi connectivity index (χ3v) is 1.51. The van der Waals surface area contributed by atoms with Crippen molar-refractivity contribution in [2.75, 3.05) is 20.7 Å². The van der Waals surface area contributed by atoms with Crippen molar-refractivity contribution in [2.45, 2.75) is 39.5 Å². The lowest BCUT2D eigenvalue weighted by Gasteiger charge is -2.00. The van der Waals surface area contributed by atoms with Crippen LogP contribution in [0.5, 0.6) is 0 Å². The summed E-state index contributed by atoms with van der Waals surface area (Å²) in [5.74, 6) is -0.0869. The normalized spacial score (nSPS) is 8.53. The van der Waals surface area contributed by atoms with Gasteiger partial charge in [-0.1, -0.05) is 26.7 Å². The number of hydrogen-bond donors (Lipinski definition) is 0. The summed E-state index contributed by atoms with van der Waals surface area (Å²) < 4.78 is 4.85. The van der Waals surface area contributed by atoms with Crippen LogP contribution in [0, 0.1) is 0 Å². The summed E-state index contributed by atoms with van der Waals surface area (Å²) in [5.41, 5.74) is 0. The topological polar surface area (TPSA) is 46.6 Å². The number of hydrogen-bond acceptors (Lipinski definition) is 3. The predicted octanol–water partition coefficient (Wildman–Crippen LogP) is 1.83. The monoisotopic (exact) mass is 217 g/mol. The van der Waals surface area contributed by atoms with Crippen LogP contribution in [0.15, 0.2) is 0 Å². The number of carbonyl (C=O) groups excluding carboxylic acids is 2. The second kappa shape index (κ2) is 12.9. The maximum atomic E-state index is 10.6. The highest BCUT2D eigenvalue weighted by Crippen LogP contribution is 1.95. The Morgan fingerprint density at radius 1 is 1.27 bits per heavy atom. The molecule has 0 aliphatic rings. The van der Waals surface area contributed by atoms with E-state index in [1.165, 1.54) is 11.3 Å². The van der Waals surface area contributed by atoms with Crippen molar-refractivity contribution < 1.29 is 14.3 Å². The van der Waals surface area contributed by atoms with Crippen LogP contribution < -0.4 is 0 Å². The number of nitrogens with zero attached hydrogens (tertiary/aromatic N) is 1. The van der Waals surface area contributed by atoms with Gasteiger partial charge in [0.05, 0.1) is 6.61 Å². The summed E-state index contributed by atoms with van der Waals surface area (Å²) in [6.45, 7) is 4.53. The van der Waals surface area contributed by atoms with Crippen LogP contribution in [0.1, 0.15) is 39.5 Å². The fraction of sp³-hybridized carbons (Fsp3) is 0.818. The number of ether oxygens (including phenoxy) is 1. The molecule has 0 saturated carbocycles. The van der Waals surface area contributed by atoms with Gasteiger partial charge in [-0.05, 0) is 6.42 Å². The molecule has 1 amide bonds. The Hall–Kier alpha value is -1.06. The van der Waals surface area contributed by atoms with E-state index in [9.17, 15) is 9.59 Å². The van der Waals surface area contributed by atoms with Crippen LogP contribution in [-0.2, 0) is 14.3 Å². The van der Waals surface area contributed by atoms with E-state index in [2.05, 4.69) is 6.92 Å². The van der Waals surface area contributed by atoms with Gasteiger partial charge < -0.3 is 9.64 Å². The van der Waals surface area contributed by atoms with Crippen molar-refractivity contribution in [3.63, 3.8) is 0 Å². The van der Waals surface area contributed by atoms with Crippen LogP contribution in [0.3, 0.4) is 0 Å². The smallest absolute Gasteiger partial charge is 0.305 e. The lowest BCUT2D eigenvalue weighted by molar-refractivity contribution is -0.143. The van der Waals surface area contributed by atoms with Crippen molar-refractivity contribution >= 4 is 12.4 Å². The standard InChI is InChI=1S/C8H16O2.C3H7NO/c1-3-5-6-7-10-8(9)4-2;1-4(2)3-5/h3-7H2,1-2H3;3H,1-2H3. The van der Waals surface area contributed by atoms with Crippen LogP contribution in [0.4, 0.5) is 0 Å². The largest absolute Gasteiger partial charge is 0.466 e. The van der Waals surface area contributed by atoms with E-state index in [0.29, 0.717) is 13.0 Å². The molecular weight excluding hydrogens is 194 g/mol. The third kappa shape index (κ3) is 19.4. The molecule has 0 aromatic heterocycles. The molecule has 0 heterocycles. The van der Waals surface area contributed by atoms with Gasteiger partial charge in [-0.15, -0.1) is 0 Å². The first-order valence-electron chi connectivity index (χ1n) is 5.35. The number of unbranched alkanes of at least 4 members (excludes halogenated alkanes) is 2. The van der Waals surface area contributed by atoms with Gasteiger partial charge in [-0.2, -0.15) is 0 Å². The minimum absolute atomic E-state index is 0.0869. The Morgan fingerprint density at radius 2 is 1.80 bits per heavy atom. The SMILES string of the molecule is CCCCCOC(=O)CC.CN(C)C=O. The third-order valence-electron chi connectivity index (χ3n) is 1.51. The van der Waals surface area contributed by atoms with Gasteiger partial charge in [0.2, 0.25) is 6.41 Å². The molecule has 0 aromatic carbocycles. The molecule has 4 nitrogen and oxygen atoms in total. The fourth-order valence-electron chi connectivity index (χ4n) is 0.640. The first kappa shape index (κ1) is 16.4. The van der Waals surface area contributed by atoms with Crippen LogP contribution in [-0.4, -0.2) is 38.0 Å². The molecule has 15 heavy (non-hydrogen) atoms. The quantitative estimate of drug-likeness (QED) is 0.387. The van der Waals surface area contributed by atoms with E-state index in [1.807, 2.05) is 6.92 Å². The van der Waals surface area contributed by atoms with E-state index in [4.69, 9.17) is 4.74 Å². The highest BCUT2D eigenvalue weighted by Gasteiger charge is 1.95. The zero-order chi connectivity index (χ0) is 12.1. The number of amides is 1. The van der Waals surface area contributed by atoms with Crippen molar-refractivity contribution in [1.29, 1.82) is 0 Å². The molecule has 4 heteroatoms. The average molecular weight is 217 g/mol. The maximum absolute atomic E-state index is 10.6. The van der Waals surface area contributed by atoms with Crippen molar-refractivity contribution in [1.82, 2.24) is 4.90 Å². The minimum Gasteiger partial charge on any atom is -0.466 e. The zero-order valence-electron chi connectivity index (χ0n) is 10.3. The Kier molecular flexibility index (Phi) is 14.1. The van der Waals surface area contributed by atoms with Gasteiger partial charge >= 0.3 is 5.97 Å². The molecule has 0 fully saturated rings. The van der Waals surface area contributed by atoms with E-state index >= 15 is 0 Å². The minimum atomic E-state index is -0.0869. The molecule has 0 rings (SSSR count). The molecular formula is C11H23NO3. The molecule has 0 aliphatic carbocycles. The highest BCUT2D eigenvalue weighted by atomic mass is 16.5. The molecule has 90 valence electrons. The summed E-state index contributed by atoms with van der Waals surface area (Å²) >= 11 is 0. The van der Waals surface area contributed by atoms with Crippen LogP contribution in [0.25, 0.3) is 0 Å². The molecule has 0 aromatic rings. The van der Waals surface area contributed by atoms with Gasteiger partial charge in [-0.3, -0.25) is 9.59 Å². The van der Waals surface area contributed by atoms with Crippen molar-refractivity contribution in [3.8, 4) is 0 Å². The van der Waals surface area contributed by atoms with Gasteiger partial charge in [0, 0.05) is 20.5 Å². The summed E-state index contributed by atoms with van der Waals surface area (Å²) in [6, 6.07) is 0. The molecule has 0 unspecified atom stereocenters. The van der Waals surface area contributed by atoms with E-state index < -0.39 is 0 Å². The Labute approximate surface area is 92.6 Å². The molecule has 0 N–H and O–H groups in total. The number of esters is 1. The van der Waals surface area contributed by atoms with Crippen LogP contribution in [0.2, 0.25) is 0 Å². The average Bonchev–Trinajstić information content (AvgIpc) is 2.24. The van der Waals surface area contributed by atoms with Gasteiger partial charge in [0.15, 0.2) is 0 Å². The van der Waals surface area contributed by atoms with E-state index in [0.717, 1.165) is 19.3 Å². The molecule has 0 atom stereocenters. The van der Waals surface area contributed by atoms with Gasteiger partial charge in [0.25, 0.3) is 0 Å². The first-order chi connectivity index (χ1) is 7.08. The lowest BCUT2D eigenvalue weighted by atomic mass is 10.3. The maximum Gasteiger partial charge on any atom is 0.305 e. The summed E-state index contributed by atoms with van der Waals surface area (Å²) in [5, 5.41) is 0. The molecule has 0 bridgehead atoms. The van der Waals surface area contributed by atoms with Crippen LogP contribution >= 0.6 is 0 Å².